The number of aryl methyl sites for hydroxylation is 1. The largest absolute Gasteiger partial charge is 0.464 e. The van der Waals surface area contributed by atoms with E-state index in [1.807, 2.05) is 43.4 Å². The average Bonchev–Trinajstić information content (AvgIpc) is 2.84. The van der Waals surface area contributed by atoms with Crippen molar-refractivity contribution in [3.63, 3.8) is 0 Å². The average molecular weight is 288 g/mol. The van der Waals surface area contributed by atoms with Crippen LogP contribution in [0.5, 0.6) is 0 Å². The Balaban J connectivity index is 1.88. The lowest BCUT2D eigenvalue weighted by molar-refractivity contribution is 0.481. The zero-order valence-corrected chi connectivity index (χ0v) is 13.3. The maximum absolute atomic E-state index is 5.58. The fraction of sp³-hybridized carbons (Fsp3) is 0.500. The predicted octanol–water partition coefficient (Wildman–Crippen LogP) is 2.76. The first kappa shape index (κ1) is 15.5. The Bertz CT molecular complexity index is 548. The van der Waals surface area contributed by atoms with Gasteiger partial charge in [-0.25, -0.2) is 4.98 Å². The van der Waals surface area contributed by atoms with Crippen molar-refractivity contribution in [3.05, 3.63) is 41.7 Å². The molecule has 0 aliphatic rings. The van der Waals surface area contributed by atoms with Crippen LogP contribution in [0, 0.1) is 12.8 Å². The molecule has 5 nitrogen and oxygen atoms in total. The highest BCUT2D eigenvalue weighted by atomic mass is 16.3. The van der Waals surface area contributed by atoms with E-state index >= 15 is 0 Å². The van der Waals surface area contributed by atoms with Gasteiger partial charge in [-0.15, -0.1) is 0 Å². The molecule has 114 valence electrons. The molecule has 2 aromatic rings. The smallest absolute Gasteiger partial charge is 0.147 e. The molecule has 0 aromatic carbocycles. The fourth-order valence-corrected chi connectivity index (χ4v) is 2.01. The Labute approximate surface area is 126 Å². The highest BCUT2D eigenvalue weighted by molar-refractivity contribution is 5.35. The zero-order valence-electron chi connectivity index (χ0n) is 13.3. The topological polar surface area (TPSA) is 54.2 Å². The normalized spacial score (nSPS) is 11.1. The highest BCUT2D eigenvalue weighted by Crippen LogP contribution is 2.13. The van der Waals surface area contributed by atoms with Crippen LogP contribution in [0.1, 0.15) is 31.1 Å². The summed E-state index contributed by atoms with van der Waals surface area (Å²) in [5.41, 5.74) is 0.960. The summed E-state index contributed by atoms with van der Waals surface area (Å²) in [4.78, 5) is 10.9. The zero-order chi connectivity index (χ0) is 15.2. The van der Waals surface area contributed by atoms with Crippen molar-refractivity contribution >= 4 is 5.82 Å². The van der Waals surface area contributed by atoms with Crippen molar-refractivity contribution in [2.75, 3.05) is 18.5 Å². The van der Waals surface area contributed by atoms with Gasteiger partial charge in [-0.2, -0.15) is 0 Å². The maximum Gasteiger partial charge on any atom is 0.147 e. The van der Waals surface area contributed by atoms with Gasteiger partial charge in [0.2, 0.25) is 0 Å². The third kappa shape index (κ3) is 4.86. The molecule has 0 spiro atoms. The molecule has 2 rings (SSSR count). The Kier molecular flexibility index (Phi) is 5.33. The van der Waals surface area contributed by atoms with Gasteiger partial charge < -0.3 is 14.6 Å². The lowest BCUT2D eigenvalue weighted by Crippen LogP contribution is -2.21. The monoisotopic (exact) mass is 288 g/mol. The van der Waals surface area contributed by atoms with Gasteiger partial charge in [-0.1, -0.05) is 13.8 Å². The number of hydrogen-bond acceptors (Lipinski definition) is 5. The van der Waals surface area contributed by atoms with Crippen molar-refractivity contribution in [3.8, 4) is 0 Å². The second-order valence-electron chi connectivity index (χ2n) is 5.76. The number of nitrogens with one attached hydrogen (secondary N) is 1. The van der Waals surface area contributed by atoms with E-state index in [0.29, 0.717) is 12.5 Å². The molecule has 2 heterocycles. The highest BCUT2D eigenvalue weighted by Gasteiger charge is 2.07. The van der Waals surface area contributed by atoms with E-state index in [1.165, 1.54) is 0 Å². The van der Waals surface area contributed by atoms with Crippen LogP contribution < -0.4 is 10.2 Å². The Morgan fingerprint density at radius 1 is 1.24 bits per heavy atom. The minimum absolute atomic E-state index is 0.639. The first-order valence-electron chi connectivity index (χ1n) is 7.32. The van der Waals surface area contributed by atoms with Gasteiger partial charge in [0.25, 0.3) is 0 Å². The molecule has 0 saturated carbocycles. The molecule has 0 aliphatic heterocycles. The number of aromatic nitrogens is 2. The van der Waals surface area contributed by atoms with Crippen LogP contribution in [0.4, 0.5) is 5.82 Å². The molecule has 21 heavy (non-hydrogen) atoms. The quantitative estimate of drug-likeness (QED) is 0.849. The summed E-state index contributed by atoms with van der Waals surface area (Å²) in [6.45, 7) is 8.75. The minimum atomic E-state index is 0.639. The molecule has 0 aliphatic carbocycles. The standard InChI is InChI=1S/C16H24N4O/c1-12(2)7-17-8-14-9-19-16(10-18-14)20(4)11-15-6-5-13(3)21-15/h5-6,9-10,12,17H,7-8,11H2,1-4H3. The van der Waals surface area contributed by atoms with E-state index < -0.39 is 0 Å². The Hall–Kier alpha value is -1.88. The van der Waals surface area contributed by atoms with Crippen molar-refractivity contribution in [1.82, 2.24) is 15.3 Å². The van der Waals surface area contributed by atoms with Crippen LogP contribution in [-0.2, 0) is 13.1 Å². The van der Waals surface area contributed by atoms with Crippen molar-refractivity contribution in [2.45, 2.75) is 33.9 Å². The van der Waals surface area contributed by atoms with E-state index in [1.54, 1.807) is 0 Å². The van der Waals surface area contributed by atoms with Gasteiger partial charge in [0.15, 0.2) is 0 Å². The first-order valence-corrected chi connectivity index (χ1v) is 7.32. The second-order valence-corrected chi connectivity index (χ2v) is 5.76. The Morgan fingerprint density at radius 3 is 2.62 bits per heavy atom. The lowest BCUT2D eigenvalue weighted by atomic mass is 10.2. The predicted molar refractivity (Wildman–Crippen MR) is 84.1 cm³/mol. The summed E-state index contributed by atoms with van der Waals surface area (Å²) in [5, 5.41) is 3.36. The molecular weight excluding hydrogens is 264 g/mol. The molecule has 0 bridgehead atoms. The summed E-state index contributed by atoms with van der Waals surface area (Å²) in [6.07, 6.45) is 3.63. The second kappa shape index (κ2) is 7.22. The van der Waals surface area contributed by atoms with Crippen LogP contribution in [0.15, 0.2) is 28.9 Å². The minimum Gasteiger partial charge on any atom is -0.464 e. The van der Waals surface area contributed by atoms with E-state index in [9.17, 15) is 0 Å². The van der Waals surface area contributed by atoms with Crippen LogP contribution in [-0.4, -0.2) is 23.6 Å². The van der Waals surface area contributed by atoms with Crippen LogP contribution >= 0.6 is 0 Å². The number of furan rings is 1. The van der Waals surface area contributed by atoms with Crippen LogP contribution in [0.2, 0.25) is 0 Å². The molecular formula is C16H24N4O. The lowest BCUT2D eigenvalue weighted by Gasteiger charge is -2.16. The molecule has 1 N–H and O–H groups in total. The summed E-state index contributed by atoms with van der Waals surface area (Å²) in [5.74, 6) is 3.34. The summed E-state index contributed by atoms with van der Waals surface area (Å²) < 4.78 is 5.58. The fourth-order valence-electron chi connectivity index (χ4n) is 2.01. The number of anilines is 1. The van der Waals surface area contributed by atoms with Gasteiger partial charge in [0, 0.05) is 13.6 Å². The molecule has 0 amide bonds. The summed E-state index contributed by atoms with van der Waals surface area (Å²) in [7, 11) is 1.98. The van der Waals surface area contributed by atoms with E-state index in [2.05, 4.69) is 29.1 Å². The van der Waals surface area contributed by atoms with E-state index in [4.69, 9.17) is 4.42 Å². The van der Waals surface area contributed by atoms with E-state index in [-0.39, 0.29) is 0 Å². The molecule has 0 unspecified atom stereocenters. The van der Waals surface area contributed by atoms with Crippen LogP contribution in [0.3, 0.4) is 0 Å². The summed E-state index contributed by atoms with van der Waals surface area (Å²) in [6, 6.07) is 3.96. The Morgan fingerprint density at radius 2 is 2.05 bits per heavy atom. The van der Waals surface area contributed by atoms with Crippen molar-refractivity contribution in [2.24, 2.45) is 5.92 Å². The van der Waals surface area contributed by atoms with E-state index in [0.717, 1.165) is 36.1 Å². The molecule has 0 radical (unpaired) electrons. The van der Waals surface area contributed by atoms with Crippen LogP contribution in [0.25, 0.3) is 0 Å². The number of hydrogen-bond donors (Lipinski definition) is 1. The maximum atomic E-state index is 5.58. The number of nitrogens with zero attached hydrogens (tertiary/aromatic N) is 3. The molecule has 5 heteroatoms. The van der Waals surface area contributed by atoms with Gasteiger partial charge in [0.05, 0.1) is 24.6 Å². The van der Waals surface area contributed by atoms with Gasteiger partial charge in [0.1, 0.15) is 17.3 Å². The van der Waals surface area contributed by atoms with Gasteiger partial charge in [-0.05, 0) is 31.5 Å². The van der Waals surface area contributed by atoms with Gasteiger partial charge in [-0.3, -0.25) is 4.98 Å². The van der Waals surface area contributed by atoms with Crippen molar-refractivity contribution < 1.29 is 4.42 Å². The molecule has 0 saturated heterocycles. The first-order chi connectivity index (χ1) is 10.0. The van der Waals surface area contributed by atoms with Crippen molar-refractivity contribution in [1.29, 1.82) is 0 Å². The summed E-state index contributed by atoms with van der Waals surface area (Å²) >= 11 is 0. The molecule has 2 aromatic heterocycles. The third-order valence-electron chi connectivity index (χ3n) is 3.13. The molecule has 0 fully saturated rings. The SMILES string of the molecule is Cc1ccc(CN(C)c2cnc(CNCC(C)C)cn2)o1. The number of rotatable bonds is 7. The third-order valence-corrected chi connectivity index (χ3v) is 3.13. The molecule has 0 atom stereocenters. The van der Waals surface area contributed by atoms with Gasteiger partial charge >= 0.3 is 0 Å².